The second-order valence-electron chi connectivity index (χ2n) is 16.9. The van der Waals surface area contributed by atoms with E-state index in [1.54, 1.807) is 0 Å². The van der Waals surface area contributed by atoms with Crippen LogP contribution in [0.4, 0.5) is 34.1 Å². The standard InChI is InChI=1S/C62H40N2O2/c1-5-15-41(16-6-1)44-27-31-53-55-33-29-49(39-60(55)65-58(53)36-44)63(47-20-9-3-10-21-47)51-35-46-26-25-43-19-13-14-24-52(43)62(46)57(38-51)64(48-22-11-4-12-23-48)50-30-34-56-54-32-28-45(42-17-7-2-8-18-42)37-59(54)66-61(56)40-50/h1-40H. The Morgan fingerprint density at radius 2 is 0.682 bits per heavy atom. The van der Waals surface area contributed by atoms with Gasteiger partial charge in [-0.1, -0.05) is 146 Å². The normalized spacial score (nSPS) is 11.6. The highest BCUT2D eigenvalue weighted by atomic mass is 16.3. The number of nitrogens with zero attached hydrogens (tertiary/aromatic N) is 2. The van der Waals surface area contributed by atoms with Gasteiger partial charge in [0.2, 0.25) is 0 Å². The lowest BCUT2D eigenvalue weighted by molar-refractivity contribution is 0.668. The molecule has 0 radical (unpaired) electrons. The third kappa shape index (κ3) is 6.38. The second kappa shape index (κ2) is 15.4. The van der Waals surface area contributed by atoms with Crippen molar-refractivity contribution in [2.45, 2.75) is 0 Å². The zero-order valence-corrected chi connectivity index (χ0v) is 35.8. The number of anilines is 6. The average molecular weight is 845 g/mol. The minimum absolute atomic E-state index is 0.833. The van der Waals surface area contributed by atoms with E-state index < -0.39 is 0 Å². The first-order valence-corrected chi connectivity index (χ1v) is 22.4. The minimum atomic E-state index is 0.833. The molecule has 13 aromatic rings. The van der Waals surface area contributed by atoms with Crippen molar-refractivity contribution < 1.29 is 8.83 Å². The first kappa shape index (κ1) is 37.7. The van der Waals surface area contributed by atoms with Crippen molar-refractivity contribution in [2.75, 3.05) is 9.80 Å². The van der Waals surface area contributed by atoms with Crippen LogP contribution in [-0.4, -0.2) is 0 Å². The van der Waals surface area contributed by atoms with E-state index in [-0.39, 0.29) is 0 Å². The Labute approximate surface area is 381 Å². The summed E-state index contributed by atoms with van der Waals surface area (Å²) in [5, 5.41) is 9.00. The summed E-state index contributed by atoms with van der Waals surface area (Å²) in [7, 11) is 0. The number of hydrogen-bond acceptors (Lipinski definition) is 4. The van der Waals surface area contributed by atoms with Crippen LogP contribution in [-0.2, 0) is 0 Å². The number of furan rings is 2. The molecule has 0 amide bonds. The van der Waals surface area contributed by atoms with Crippen LogP contribution >= 0.6 is 0 Å². The Bertz CT molecular complexity index is 3930. The van der Waals surface area contributed by atoms with Gasteiger partial charge in [-0.05, 0) is 123 Å². The van der Waals surface area contributed by atoms with E-state index in [1.165, 1.54) is 10.8 Å². The molecule has 0 spiro atoms. The van der Waals surface area contributed by atoms with Gasteiger partial charge in [-0.15, -0.1) is 0 Å². The molecule has 11 aromatic carbocycles. The lowest BCUT2D eigenvalue weighted by Crippen LogP contribution is -2.14. The van der Waals surface area contributed by atoms with Crippen LogP contribution in [0.2, 0.25) is 0 Å². The molecular formula is C62H40N2O2. The van der Waals surface area contributed by atoms with Crippen LogP contribution < -0.4 is 9.80 Å². The maximum atomic E-state index is 6.75. The quantitative estimate of drug-likeness (QED) is 0.143. The van der Waals surface area contributed by atoms with Gasteiger partial charge in [0.25, 0.3) is 0 Å². The highest BCUT2D eigenvalue weighted by molar-refractivity contribution is 6.17. The van der Waals surface area contributed by atoms with Gasteiger partial charge in [0.15, 0.2) is 0 Å². The summed E-state index contributed by atoms with van der Waals surface area (Å²) in [5.41, 5.74) is 14.1. The van der Waals surface area contributed by atoms with E-state index in [0.29, 0.717) is 0 Å². The van der Waals surface area contributed by atoms with Gasteiger partial charge in [0, 0.05) is 67.5 Å². The maximum Gasteiger partial charge on any atom is 0.137 e. The van der Waals surface area contributed by atoms with Crippen LogP contribution in [0.1, 0.15) is 0 Å². The SMILES string of the molecule is c1ccc(-c2ccc3c(c2)oc2cc(N(c4ccccc4)c4cc(N(c5ccccc5)c5ccc6c(c5)oc5cc(-c7ccccc7)ccc56)c5c(ccc6ccccc65)c4)ccc23)cc1. The highest BCUT2D eigenvalue weighted by Gasteiger charge is 2.23. The molecule has 0 saturated heterocycles. The lowest BCUT2D eigenvalue weighted by Gasteiger charge is -2.31. The Hall–Kier alpha value is -8.86. The van der Waals surface area contributed by atoms with E-state index in [4.69, 9.17) is 8.83 Å². The number of fused-ring (bicyclic) bond motifs is 9. The highest BCUT2D eigenvalue weighted by Crippen LogP contribution is 2.48. The number of benzene rings is 11. The van der Waals surface area contributed by atoms with E-state index in [1.807, 2.05) is 12.1 Å². The van der Waals surface area contributed by atoms with Gasteiger partial charge in [-0.3, -0.25) is 0 Å². The van der Waals surface area contributed by atoms with Gasteiger partial charge in [-0.2, -0.15) is 0 Å². The molecule has 2 heterocycles. The molecule has 0 aliphatic heterocycles. The van der Waals surface area contributed by atoms with Crippen LogP contribution in [0.25, 0.3) is 87.7 Å². The van der Waals surface area contributed by atoms with Crippen molar-refractivity contribution in [3.63, 3.8) is 0 Å². The summed E-state index contributed by atoms with van der Waals surface area (Å²) in [5.74, 6) is 0. The van der Waals surface area contributed by atoms with Crippen molar-refractivity contribution in [1.29, 1.82) is 0 Å². The van der Waals surface area contributed by atoms with Crippen molar-refractivity contribution in [3.05, 3.63) is 243 Å². The molecule has 0 saturated carbocycles. The fourth-order valence-electron chi connectivity index (χ4n) is 9.87. The molecule has 0 bridgehead atoms. The fourth-order valence-corrected chi connectivity index (χ4v) is 9.87. The molecule has 66 heavy (non-hydrogen) atoms. The molecular weight excluding hydrogens is 805 g/mol. The summed E-state index contributed by atoms with van der Waals surface area (Å²) >= 11 is 0. The van der Waals surface area contributed by atoms with Crippen molar-refractivity contribution in [1.82, 2.24) is 0 Å². The molecule has 0 atom stereocenters. The van der Waals surface area contributed by atoms with Gasteiger partial charge in [0.05, 0.1) is 5.69 Å². The van der Waals surface area contributed by atoms with Gasteiger partial charge >= 0.3 is 0 Å². The van der Waals surface area contributed by atoms with Crippen LogP contribution in [0, 0.1) is 0 Å². The summed E-state index contributed by atoms with van der Waals surface area (Å²) < 4.78 is 13.5. The number of rotatable bonds is 8. The number of hydrogen-bond donors (Lipinski definition) is 0. The maximum absolute atomic E-state index is 6.75. The first-order chi connectivity index (χ1) is 32.7. The number of para-hydroxylation sites is 2. The first-order valence-electron chi connectivity index (χ1n) is 22.4. The smallest absolute Gasteiger partial charge is 0.137 e. The third-order valence-corrected chi connectivity index (χ3v) is 13.0. The molecule has 0 fully saturated rings. The predicted octanol–water partition coefficient (Wildman–Crippen LogP) is 18.1. The van der Waals surface area contributed by atoms with Crippen LogP contribution in [0.5, 0.6) is 0 Å². The van der Waals surface area contributed by atoms with Crippen molar-refractivity contribution in [2.24, 2.45) is 0 Å². The Kier molecular flexibility index (Phi) is 8.81. The van der Waals surface area contributed by atoms with E-state index in [2.05, 4.69) is 240 Å². The molecule has 0 aliphatic carbocycles. The minimum Gasteiger partial charge on any atom is -0.456 e. The summed E-state index contributed by atoms with van der Waals surface area (Å²) in [6, 6.07) is 86.4. The molecule has 2 aromatic heterocycles. The average Bonchev–Trinajstić information content (AvgIpc) is 3.94. The van der Waals surface area contributed by atoms with Crippen molar-refractivity contribution in [3.8, 4) is 22.3 Å². The largest absolute Gasteiger partial charge is 0.456 e. The molecule has 0 N–H and O–H groups in total. The zero-order chi connectivity index (χ0) is 43.6. The van der Waals surface area contributed by atoms with E-state index in [0.717, 1.165) is 111 Å². The lowest BCUT2D eigenvalue weighted by atomic mass is 9.97. The van der Waals surface area contributed by atoms with Gasteiger partial charge < -0.3 is 18.6 Å². The third-order valence-electron chi connectivity index (χ3n) is 13.0. The molecule has 13 rings (SSSR count). The monoisotopic (exact) mass is 844 g/mol. The second-order valence-corrected chi connectivity index (χ2v) is 16.9. The molecule has 0 unspecified atom stereocenters. The summed E-state index contributed by atoms with van der Waals surface area (Å²) in [6.07, 6.45) is 0. The summed E-state index contributed by atoms with van der Waals surface area (Å²) in [6.45, 7) is 0. The van der Waals surface area contributed by atoms with Crippen LogP contribution in [0.3, 0.4) is 0 Å². The predicted molar refractivity (Wildman–Crippen MR) is 276 cm³/mol. The van der Waals surface area contributed by atoms with Gasteiger partial charge in [-0.25, -0.2) is 0 Å². The topological polar surface area (TPSA) is 32.8 Å². The summed E-state index contributed by atoms with van der Waals surface area (Å²) in [4.78, 5) is 4.73. The molecule has 310 valence electrons. The molecule has 0 aliphatic rings. The van der Waals surface area contributed by atoms with Crippen LogP contribution in [0.15, 0.2) is 251 Å². The fraction of sp³-hybridized carbons (Fsp3) is 0. The van der Waals surface area contributed by atoms with E-state index in [9.17, 15) is 0 Å². The Morgan fingerprint density at radius 1 is 0.242 bits per heavy atom. The zero-order valence-electron chi connectivity index (χ0n) is 35.8. The Balaban J connectivity index is 1.02. The van der Waals surface area contributed by atoms with Gasteiger partial charge in [0.1, 0.15) is 22.3 Å². The van der Waals surface area contributed by atoms with E-state index >= 15 is 0 Å². The molecule has 4 nitrogen and oxygen atoms in total. The molecule has 4 heteroatoms. The van der Waals surface area contributed by atoms with Crippen molar-refractivity contribution >= 4 is 99.5 Å². The Morgan fingerprint density at radius 3 is 1.24 bits per heavy atom.